The van der Waals surface area contributed by atoms with Gasteiger partial charge in [-0.15, -0.1) is 10.2 Å². The van der Waals surface area contributed by atoms with Gasteiger partial charge in [0.2, 0.25) is 6.41 Å². The Bertz CT molecular complexity index is 897. The van der Waals surface area contributed by atoms with Crippen LogP contribution in [0.5, 0.6) is 0 Å². The molecule has 0 aliphatic carbocycles. The molecule has 1 aromatic carbocycles. The second kappa shape index (κ2) is 9.02. The van der Waals surface area contributed by atoms with Gasteiger partial charge in [-0.1, -0.05) is 27.4 Å². The maximum absolute atomic E-state index is 14.1. The predicted molar refractivity (Wildman–Crippen MR) is 102 cm³/mol. The van der Waals surface area contributed by atoms with E-state index in [4.69, 9.17) is 0 Å². The zero-order valence-electron chi connectivity index (χ0n) is 15.5. The summed E-state index contributed by atoms with van der Waals surface area (Å²) in [6, 6.07) is 3.08. The summed E-state index contributed by atoms with van der Waals surface area (Å²) in [7, 11) is 0. The van der Waals surface area contributed by atoms with E-state index in [-0.39, 0.29) is 17.2 Å². The molecule has 0 saturated heterocycles. The van der Waals surface area contributed by atoms with Gasteiger partial charge in [-0.05, 0) is 42.3 Å². The molecule has 0 spiro atoms. The smallest absolute Gasteiger partial charge is 0.211 e. The average molecular weight is 372 g/mol. The monoisotopic (exact) mass is 372 g/mol. The van der Waals surface area contributed by atoms with Crippen LogP contribution >= 0.6 is 0 Å². The SMILES string of the molecule is C=Cc1nnc(C(C)C)n1/C=C(/C=C(/NC=O)c1cc(F)ccc1F)CC. The number of allylic oxidation sites excluding steroid dienone is 2. The van der Waals surface area contributed by atoms with Gasteiger partial charge in [-0.25, -0.2) is 8.78 Å². The normalized spacial score (nSPS) is 12.4. The molecule has 2 rings (SSSR count). The third-order valence-electron chi connectivity index (χ3n) is 3.91. The van der Waals surface area contributed by atoms with Gasteiger partial charge in [-0.2, -0.15) is 0 Å². The highest BCUT2D eigenvalue weighted by Crippen LogP contribution is 2.22. The third-order valence-corrected chi connectivity index (χ3v) is 3.91. The predicted octanol–water partition coefficient (Wildman–Crippen LogP) is 4.36. The summed E-state index contributed by atoms with van der Waals surface area (Å²) >= 11 is 0. The Balaban J connectivity index is 2.59. The van der Waals surface area contributed by atoms with Gasteiger partial charge in [-0.3, -0.25) is 9.36 Å². The lowest BCUT2D eigenvalue weighted by Gasteiger charge is -2.11. The molecule has 1 amide bonds. The topological polar surface area (TPSA) is 59.8 Å². The van der Waals surface area contributed by atoms with E-state index in [1.54, 1.807) is 22.9 Å². The number of nitrogens with zero attached hydrogens (tertiary/aromatic N) is 3. The maximum Gasteiger partial charge on any atom is 0.211 e. The van der Waals surface area contributed by atoms with Gasteiger partial charge in [0.1, 0.15) is 17.5 Å². The molecule has 1 heterocycles. The largest absolute Gasteiger partial charge is 0.328 e. The number of hydrogen-bond donors (Lipinski definition) is 1. The van der Waals surface area contributed by atoms with E-state index < -0.39 is 11.6 Å². The van der Waals surface area contributed by atoms with Gasteiger partial charge in [0.05, 0.1) is 5.70 Å². The third kappa shape index (κ3) is 4.75. The molecule has 1 N–H and O–H groups in total. The first-order chi connectivity index (χ1) is 12.9. The number of carbonyl (C=O) groups is 1. The highest BCUT2D eigenvalue weighted by Gasteiger charge is 2.13. The Morgan fingerprint density at radius 2 is 2.07 bits per heavy atom. The van der Waals surface area contributed by atoms with Crippen molar-refractivity contribution in [2.75, 3.05) is 0 Å². The Morgan fingerprint density at radius 3 is 2.67 bits per heavy atom. The Kier molecular flexibility index (Phi) is 6.76. The number of nitrogens with one attached hydrogen (secondary N) is 1. The van der Waals surface area contributed by atoms with Crippen LogP contribution in [0.15, 0.2) is 36.4 Å². The molecule has 5 nitrogen and oxygen atoms in total. The lowest BCUT2D eigenvalue weighted by molar-refractivity contribution is -0.108. The summed E-state index contributed by atoms with van der Waals surface area (Å²) in [5.74, 6) is 0.206. The van der Waals surface area contributed by atoms with Crippen molar-refractivity contribution < 1.29 is 13.6 Å². The van der Waals surface area contributed by atoms with Crippen molar-refractivity contribution in [3.8, 4) is 0 Å². The van der Waals surface area contributed by atoms with E-state index in [2.05, 4.69) is 22.1 Å². The molecule has 0 radical (unpaired) electrons. The highest BCUT2D eigenvalue weighted by atomic mass is 19.1. The second-order valence-corrected chi connectivity index (χ2v) is 6.15. The van der Waals surface area contributed by atoms with Gasteiger partial charge in [0.15, 0.2) is 5.82 Å². The van der Waals surface area contributed by atoms with Gasteiger partial charge in [0, 0.05) is 17.7 Å². The molecule has 1 aromatic heterocycles. The van der Waals surface area contributed by atoms with E-state index in [0.717, 1.165) is 29.6 Å². The van der Waals surface area contributed by atoms with E-state index in [9.17, 15) is 13.6 Å². The first-order valence-corrected chi connectivity index (χ1v) is 8.56. The zero-order valence-corrected chi connectivity index (χ0v) is 15.5. The molecule has 0 aliphatic heterocycles. The lowest BCUT2D eigenvalue weighted by atomic mass is 10.1. The average Bonchev–Trinajstić information content (AvgIpc) is 3.05. The van der Waals surface area contributed by atoms with Crippen molar-refractivity contribution in [2.24, 2.45) is 0 Å². The Labute approximate surface area is 157 Å². The molecule has 27 heavy (non-hydrogen) atoms. The highest BCUT2D eigenvalue weighted by molar-refractivity contribution is 5.76. The minimum atomic E-state index is -0.633. The van der Waals surface area contributed by atoms with Crippen LogP contribution in [0.4, 0.5) is 8.78 Å². The van der Waals surface area contributed by atoms with Crippen molar-refractivity contribution in [2.45, 2.75) is 33.1 Å². The summed E-state index contributed by atoms with van der Waals surface area (Å²) < 4.78 is 29.5. The van der Waals surface area contributed by atoms with Crippen LogP contribution in [0.3, 0.4) is 0 Å². The summed E-state index contributed by atoms with van der Waals surface area (Å²) in [6.45, 7) is 9.63. The number of carbonyl (C=O) groups excluding carboxylic acids is 1. The fraction of sp³-hybridized carbons (Fsp3) is 0.250. The molecule has 0 bridgehead atoms. The zero-order chi connectivity index (χ0) is 20.0. The first kappa shape index (κ1) is 20.2. The van der Waals surface area contributed by atoms with Crippen LogP contribution in [-0.2, 0) is 4.79 Å². The fourth-order valence-corrected chi connectivity index (χ4v) is 2.53. The summed E-state index contributed by atoms with van der Waals surface area (Å²) in [6.07, 6.45) is 5.99. The van der Waals surface area contributed by atoms with E-state index in [0.29, 0.717) is 18.7 Å². The number of rotatable bonds is 8. The Hall–Kier alpha value is -3.09. The first-order valence-electron chi connectivity index (χ1n) is 8.56. The number of benzene rings is 1. The van der Waals surface area contributed by atoms with Gasteiger partial charge >= 0.3 is 0 Å². The van der Waals surface area contributed by atoms with E-state index in [1.165, 1.54) is 0 Å². The van der Waals surface area contributed by atoms with Crippen molar-refractivity contribution in [1.82, 2.24) is 20.1 Å². The number of aromatic nitrogens is 3. The van der Waals surface area contributed by atoms with Crippen molar-refractivity contribution in [3.63, 3.8) is 0 Å². The summed E-state index contributed by atoms with van der Waals surface area (Å²) in [5, 5.41) is 10.7. The molecule has 0 unspecified atom stereocenters. The van der Waals surface area contributed by atoms with Crippen LogP contribution in [0, 0.1) is 11.6 Å². The molecule has 2 aromatic rings. The van der Waals surface area contributed by atoms with Gasteiger partial charge in [0.25, 0.3) is 0 Å². The van der Waals surface area contributed by atoms with Crippen LogP contribution < -0.4 is 5.32 Å². The van der Waals surface area contributed by atoms with Crippen molar-refractivity contribution >= 4 is 24.4 Å². The Morgan fingerprint density at radius 1 is 1.33 bits per heavy atom. The van der Waals surface area contributed by atoms with Crippen molar-refractivity contribution in [3.05, 3.63) is 65.3 Å². The minimum absolute atomic E-state index is 0.0294. The molecule has 0 atom stereocenters. The molecular formula is C20H22F2N4O. The minimum Gasteiger partial charge on any atom is -0.328 e. The fourth-order valence-electron chi connectivity index (χ4n) is 2.53. The van der Waals surface area contributed by atoms with Crippen LogP contribution in [-0.4, -0.2) is 21.2 Å². The standard InChI is InChI=1S/C20H22F2N4O/c1-5-14(11-26-19(6-2)24-25-20(26)13(3)4)9-18(23-12-27)16-10-15(21)7-8-17(16)22/h6-13H,2,5H2,1,3-4H3,(H,23,27)/b14-11+,18-9+. The summed E-state index contributed by atoms with van der Waals surface area (Å²) in [4.78, 5) is 11.0. The van der Waals surface area contributed by atoms with Crippen LogP contribution in [0.2, 0.25) is 0 Å². The lowest BCUT2D eigenvalue weighted by Crippen LogP contribution is -2.11. The second-order valence-electron chi connectivity index (χ2n) is 6.15. The quantitative estimate of drug-likeness (QED) is 0.553. The number of hydrogen-bond acceptors (Lipinski definition) is 3. The molecule has 0 saturated carbocycles. The number of halogens is 2. The molecule has 0 aliphatic rings. The molecular weight excluding hydrogens is 350 g/mol. The van der Waals surface area contributed by atoms with Crippen LogP contribution in [0.1, 0.15) is 50.3 Å². The maximum atomic E-state index is 14.1. The van der Waals surface area contributed by atoms with E-state index in [1.807, 2.05) is 20.8 Å². The van der Waals surface area contributed by atoms with E-state index >= 15 is 0 Å². The molecule has 0 fully saturated rings. The molecule has 142 valence electrons. The van der Waals surface area contributed by atoms with Crippen LogP contribution in [0.25, 0.3) is 18.0 Å². The number of amides is 1. The van der Waals surface area contributed by atoms with Crippen molar-refractivity contribution in [1.29, 1.82) is 0 Å². The molecule has 7 heteroatoms. The summed E-state index contributed by atoms with van der Waals surface area (Å²) in [5.41, 5.74) is 0.889. The van der Waals surface area contributed by atoms with Gasteiger partial charge < -0.3 is 5.32 Å².